The molecule has 15 heavy (non-hydrogen) atoms. The van der Waals surface area contributed by atoms with Gasteiger partial charge in [0.1, 0.15) is 5.54 Å². The van der Waals surface area contributed by atoms with Crippen LogP contribution in [0, 0.1) is 11.8 Å². The molecule has 1 amide bonds. The van der Waals surface area contributed by atoms with Crippen molar-refractivity contribution in [2.45, 2.75) is 44.6 Å². The van der Waals surface area contributed by atoms with E-state index >= 15 is 0 Å². The minimum absolute atomic E-state index is 0.246. The molecule has 2 rings (SSSR count). The van der Waals surface area contributed by atoms with Crippen LogP contribution in [0.15, 0.2) is 0 Å². The van der Waals surface area contributed by atoms with E-state index in [1.54, 1.807) is 0 Å². The van der Waals surface area contributed by atoms with E-state index in [2.05, 4.69) is 5.32 Å². The van der Waals surface area contributed by atoms with Crippen LogP contribution in [0.5, 0.6) is 0 Å². The lowest BCUT2D eigenvalue weighted by atomic mass is 9.58. The molecule has 4 nitrogen and oxygen atoms in total. The summed E-state index contributed by atoms with van der Waals surface area (Å²) in [4.78, 5) is 22.0. The van der Waals surface area contributed by atoms with E-state index in [-0.39, 0.29) is 5.91 Å². The standard InChI is InChI=1S/C11H17NO3/c1-7(13)12-11(10(14)15)5-9(6-11)8-3-2-4-8/h8-9H,2-6H2,1H3,(H,12,13)(H,14,15). The molecule has 0 aromatic rings. The summed E-state index contributed by atoms with van der Waals surface area (Å²) in [5.41, 5.74) is -0.952. The summed E-state index contributed by atoms with van der Waals surface area (Å²) in [6.45, 7) is 1.38. The van der Waals surface area contributed by atoms with E-state index in [0.29, 0.717) is 24.7 Å². The highest BCUT2D eigenvalue weighted by molar-refractivity contribution is 5.87. The van der Waals surface area contributed by atoms with Crippen molar-refractivity contribution >= 4 is 11.9 Å². The van der Waals surface area contributed by atoms with Crippen LogP contribution in [-0.2, 0) is 9.59 Å². The van der Waals surface area contributed by atoms with E-state index in [0.717, 1.165) is 0 Å². The lowest BCUT2D eigenvalue weighted by Crippen LogP contribution is -2.63. The summed E-state index contributed by atoms with van der Waals surface area (Å²) in [6.07, 6.45) is 4.99. The quantitative estimate of drug-likeness (QED) is 0.736. The average Bonchev–Trinajstić information content (AvgIpc) is 1.94. The molecule has 0 aromatic heterocycles. The smallest absolute Gasteiger partial charge is 0.329 e. The summed E-state index contributed by atoms with van der Waals surface area (Å²) in [5, 5.41) is 11.7. The zero-order valence-electron chi connectivity index (χ0n) is 8.95. The second-order valence-electron chi connectivity index (χ2n) is 4.93. The molecule has 2 N–H and O–H groups in total. The van der Waals surface area contributed by atoms with Gasteiger partial charge in [0.2, 0.25) is 5.91 Å². The van der Waals surface area contributed by atoms with E-state index in [1.165, 1.54) is 26.2 Å². The molecule has 2 aliphatic carbocycles. The maximum atomic E-state index is 11.1. The number of hydrogen-bond donors (Lipinski definition) is 2. The summed E-state index contributed by atoms with van der Waals surface area (Å²) >= 11 is 0. The Morgan fingerprint density at radius 2 is 1.87 bits per heavy atom. The minimum atomic E-state index is -0.952. The first-order valence-corrected chi connectivity index (χ1v) is 5.56. The van der Waals surface area contributed by atoms with Gasteiger partial charge in [-0.1, -0.05) is 19.3 Å². The number of nitrogens with one attached hydrogen (secondary N) is 1. The molecule has 2 fully saturated rings. The fourth-order valence-corrected chi connectivity index (χ4v) is 2.75. The van der Waals surface area contributed by atoms with Crippen molar-refractivity contribution in [2.24, 2.45) is 11.8 Å². The Kier molecular flexibility index (Phi) is 2.44. The van der Waals surface area contributed by atoms with E-state index in [9.17, 15) is 9.59 Å². The van der Waals surface area contributed by atoms with E-state index < -0.39 is 11.5 Å². The predicted octanol–water partition coefficient (Wildman–Crippen LogP) is 1.16. The van der Waals surface area contributed by atoms with Gasteiger partial charge in [-0.15, -0.1) is 0 Å². The minimum Gasteiger partial charge on any atom is -0.480 e. The van der Waals surface area contributed by atoms with Gasteiger partial charge in [0, 0.05) is 6.92 Å². The maximum absolute atomic E-state index is 11.1. The molecule has 2 aliphatic rings. The summed E-state index contributed by atoms with van der Waals surface area (Å²) in [5.74, 6) is 0.102. The number of carbonyl (C=O) groups excluding carboxylic acids is 1. The number of carbonyl (C=O) groups is 2. The molecule has 4 heteroatoms. The molecule has 84 valence electrons. The second kappa shape index (κ2) is 3.51. The van der Waals surface area contributed by atoms with Crippen LogP contribution >= 0.6 is 0 Å². The number of aliphatic carboxylic acids is 1. The lowest BCUT2D eigenvalue weighted by Gasteiger charge is -2.50. The van der Waals surface area contributed by atoms with Gasteiger partial charge in [-0.25, -0.2) is 4.79 Å². The third-order valence-electron chi connectivity index (χ3n) is 3.86. The molecule has 0 bridgehead atoms. The van der Waals surface area contributed by atoms with Crippen molar-refractivity contribution in [1.29, 1.82) is 0 Å². The Bertz CT molecular complexity index is 290. The van der Waals surface area contributed by atoms with E-state index in [1.807, 2.05) is 0 Å². The molecule has 0 aliphatic heterocycles. The van der Waals surface area contributed by atoms with Gasteiger partial charge in [-0.05, 0) is 24.7 Å². The summed E-state index contributed by atoms with van der Waals surface area (Å²) < 4.78 is 0. The molecule has 0 spiro atoms. The molecule has 2 saturated carbocycles. The van der Waals surface area contributed by atoms with Gasteiger partial charge < -0.3 is 10.4 Å². The summed E-state index contributed by atoms with van der Waals surface area (Å²) in [7, 11) is 0. The monoisotopic (exact) mass is 211 g/mol. The fraction of sp³-hybridized carbons (Fsp3) is 0.818. The van der Waals surface area contributed by atoms with Gasteiger partial charge in [0.25, 0.3) is 0 Å². The number of carboxylic acid groups (broad SMARTS) is 1. The van der Waals surface area contributed by atoms with E-state index in [4.69, 9.17) is 5.11 Å². The number of carboxylic acids is 1. The largest absolute Gasteiger partial charge is 0.480 e. The van der Waals surface area contributed by atoms with Gasteiger partial charge in [-0.2, -0.15) is 0 Å². The Balaban J connectivity index is 1.94. The first kappa shape index (κ1) is 10.5. The summed E-state index contributed by atoms with van der Waals surface area (Å²) in [6, 6.07) is 0. The van der Waals surface area contributed by atoms with Gasteiger partial charge >= 0.3 is 5.97 Å². The lowest BCUT2D eigenvalue weighted by molar-refractivity contribution is -0.156. The zero-order valence-corrected chi connectivity index (χ0v) is 8.95. The highest BCUT2D eigenvalue weighted by Gasteiger charge is 2.53. The van der Waals surface area contributed by atoms with Crippen LogP contribution < -0.4 is 5.32 Å². The van der Waals surface area contributed by atoms with Gasteiger partial charge in [0.05, 0.1) is 0 Å². The highest BCUT2D eigenvalue weighted by atomic mass is 16.4. The van der Waals surface area contributed by atoms with Crippen molar-refractivity contribution in [3.63, 3.8) is 0 Å². The van der Waals surface area contributed by atoms with Crippen LogP contribution in [0.4, 0.5) is 0 Å². The van der Waals surface area contributed by atoms with Crippen LogP contribution in [0.1, 0.15) is 39.0 Å². The second-order valence-corrected chi connectivity index (χ2v) is 4.93. The molecule has 0 radical (unpaired) electrons. The molecular formula is C11H17NO3. The molecular weight excluding hydrogens is 194 g/mol. The zero-order chi connectivity index (χ0) is 11.1. The number of amides is 1. The molecule has 0 atom stereocenters. The van der Waals surface area contributed by atoms with Crippen molar-refractivity contribution in [3.05, 3.63) is 0 Å². The Hall–Kier alpha value is -1.06. The Labute approximate surface area is 89.0 Å². The van der Waals surface area contributed by atoms with Crippen molar-refractivity contribution in [3.8, 4) is 0 Å². The first-order valence-electron chi connectivity index (χ1n) is 5.56. The van der Waals surface area contributed by atoms with Gasteiger partial charge in [-0.3, -0.25) is 4.79 Å². The topological polar surface area (TPSA) is 66.4 Å². The third-order valence-corrected chi connectivity index (χ3v) is 3.86. The first-order chi connectivity index (χ1) is 7.03. The van der Waals surface area contributed by atoms with Crippen LogP contribution in [0.3, 0.4) is 0 Å². The maximum Gasteiger partial charge on any atom is 0.329 e. The fourth-order valence-electron chi connectivity index (χ4n) is 2.75. The number of hydrogen-bond acceptors (Lipinski definition) is 2. The highest BCUT2D eigenvalue weighted by Crippen LogP contribution is 2.48. The van der Waals surface area contributed by atoms with Crippen molar-refractivity contribution in [1.82, 2.24) is 5.32 Å². The molecule has 0 unspecified atom stereocenters. The molecule has 0 heterocycles. The predicted molar refractivity (Wildman–Crippen MR) is 54.2 cm³/mol. The normalized spacial score (nSPS) is 35.1. The Morgan fingerprint density at radius 1 is 1.27 bits per heavy atom. The van der Waals surface area contributed by atoms with Crippen LogP contribution in [-0.4, -0.2) is 22.5 Å². The average molecular weight is 211 g/mol. The van der Waals surface area contributed by atoms with Crippen LogP contribution in [0.25, 0.3) is 0 Å². The van der Waals surface area contributed by atoms with Crippen molar-refractivity contribution in [2.75, 3.05) is 0 Å². The number of rotatable bonds is 3. The molecule has 0 aromatic carbocycles. The Morgan fingerprint density at radius 3 is 2.20 bits per heavy atom. The third kappa shape index (κ3) is 1.73. The SMILES string of the molecule is CC(=O)NC1(C(=O)O)CC(C2CCC2)C1. The van der Waals surface area contributed by atoms with Crippen molar-refractivity contribution < 1.29 is 14.7 Å². The van der Waals surface area contributed by atoms with Crippen LogP contribution in [0.2, 0.25) is 0 Å². The van der Waals surface area contributed by atoms with Gasteiger partial charge in [0.15, 0.2) is 0 Å². The molecule has 0 saturated heterocycles.